The van der Waals surface area contributed by atoms with Crippen LogP contribution in [0.15, 0.2) is 61.2 Å². The Morgan fingerprint density at radius 2 is 1.00 bits per heavy atom. The second kappa shape index (κ2) is 5.25. The van der Waals surface area contributed by atoms with Crippen LogP contribution in [0.25, 0.3) is 21.8 Å². The van der Waals surface area contributed by atoms with Gasteiger partial charge in [-0.2, -0.15) is 0 Å². The first-order valence-electron chi connectivity index (χ1n) is 6.83. The van der Waals surface area contributed by atoms with E-state index < -0.39 is 0 Å². The van der Waals surface area contributed by atoms with Gasteiger partial charge in [0.15, 0.2) is 11.6 Å². The van der Waals surface area contributed by atoms with Gasteiger partial charge in [0, 0.05) is 10.8 Å². The maximum atomic E-state index is 4.27. The summed E-state index contributed by atoms with van der Waals surface area (Å²) in [5.41, 5.74) is 7.98. The maximum Gasteiger partial charge on any atom is 0.155 e. The summed E-state index contributed by atoms with van der Waals surface area (Å²) in [5, 5.41) is 1.88. The number of aromatic nitrogens is 4. The van der Waals surface area contributed by atoms with Crippen LogP contribution in [-0.2, 0) is 0 Å². The van der Waals surface area contributed by atoms with Crippen LogP contribution in [0.3, 0.4) is 0 Å². The lowest BCUT2D eigenvalue weighted by atomic mass is 10.2. The monoisotopic (exact) mass is 288 g/mol. The van der Waals surface area contributed by atoms with Crippen molar-refractivity contribution < 1.29 is 0 Å². The molecule has 0 bridgehead atoms. The average molecular weight is 288 g/mol. The van der Waals surface area contributed by atoms with Crippen LogP contribution in [0.2, 0.25) is 0 Å². The first-order chi connectivity index (χ1) is 10.9. The van der Waals surface area contributed by atoms with E-state index in [-0.39, 0.29) is 0 Å². The zero-order valence-electron chi connectivity index (χ0n) is 11.6. The van der Waals surface area contributed by atoms with Crippen molar-refractivity contribution in [2.24, 2.45) is 0 Å². The molecule has 106 valence electrons. The second-order valence-electron chi connectivity index (χ2n) is 4.73. The first kappa shape index (κ1) is 12.5. The number of fused-ring (bicyclic) bond motifs is 2. The number of para-hydroxylation sites is 2. The molecule has 0 saturated heterocycles. The molecule has 0 aliphatic rings. The Hall–Kier alpha value is -3.28. The summed E-state index contributed by atoms with van der Waals surface area (Å²) in [6.07, 6.45) is 3.06. The highest BCUT2D eigenvalue weighted by Crippen LogP contribution is 2.21. The summed E-state index contributed by atoms with van der Waals surface area (Å²) in [6.45, 7) is 0. The van der Waals surface area contributed by atoms with E-state index in [1.165, 1.54) is 12.7 Å². The van der Waals surface area contributed by atoms with E-state index in [0.29, 0.717) is 11.6 Å². The van der Waals surface area contributed by atoms with Crippen molar-refractivity contribution in [3.8, 4) is 0 Å². The number of benzene rings is 2. The molecule has 0 aliphatic heterocycles. The van der Waals surface area contributed by atoms with E-state index in [0.717, 1.165) is 21.8 Å². The van der Waals surface area contributed by atoms with Crippen LogP contribution in [-0.4, -0.2) is 19.9 Å². The molecule has 0 spiro atoms. The second-order valence-corrected chi connectivity index (χ2v) is 4.73. The zero-order valence-corrected chi connectivity index (χ0v) is 11.6. The van der Waals surface area contributed by atoms with Crippen LogP contribution in [0.1, 0.15) is 0 Å². The average Bonchev–Trinajstić information content (AvgIpc) is 2.60. The quantitative estimate of drug-likeness (QED) is 0.564. The fourth-order valence-electron chi connectivity index (χ4n) is 2.33. The minimum Gasteiger partial charge on any atom is -0.282 e. The molecule has 2 aromatic carbocycles. The molecule has 0 fully saturated rings. The Labute approximate surface area is 126 Å². The van der Waals surface area contributed by atoms with Gasteiger partial charge < -0.3 is 0 Å². The van der Waals surface area contributed by atoms with Crippen LogP contribution >= 0.6 is 0 Å². The standard InChI is InChI=1S/C16H12N6/c1-3-7-13-11(5-1)15(19-9-17-13)21-22-16-12-6-2-4-8-14(12)18-10-20-16/h1-10H,(H,17,19,21)(H,18,20,22). The predicted molar refractivity (Wildman–Crippen MR) is 86.3 cm³/mol. The highest BCUT2D eigenvalue weighted by atomic mass is 15.4. The van der Waals surface area contributed by atoms with Gasteiger partial charge in [-0.25, -0.2) is 19.9 Å². The minimum atomic E-state index is 0.702. The highest BCUT2D eigenvalue weighted by Gasteiger charge is 2.05. The van der Waals surface area contributed by atoms with Crippen LogP contribution < -0.4 is 10.9 Å². The molecule has 6 nitrogen and oxygen atoms in total. The number of hydrogen-bond donors (Lipinski definition) is 2. The van der Waals surface area contributed by atoms with Crippen molar-refractivity contribution in [2.45, 2.75) is 0 Å². The summed E-state index contributed by atoms with van der Waals surface area (Å²) in [7, 11) is 0. The summed E-state index contributed by atoms with van der Waals surface area (Å²) >= 11 is 0. The van der Waals surface area contributed by atoms with Gasteiger partial charge in [-0.15, -0.1) is 0 Å². The molecule has 0 aliphatic carbocycles. The fourth-order valence-corrected chi connectivity index (χ4v) is 2.33. The Balaban J connectivity index is 1.69. The molecule has 2 N–H and O–H groups in total. The van der Waals surface area contributed by atoms with Crippen molar-refractivity contribution in [3.05, 3.63) is 61.2 Å². The van der Waals surface area contributed by atoms with Crippen LogP contribution in [0.5, 0.6) is 0 Å². The van der Waals surface area contributed by atoms with E-state index >= 15 is 0 Å². The van der Waals surface area contributed by atoms with Crippen molar-refractivity contribution in [1.29, 1.82) is 0 Å². The van der Waals surface area contributed by atoms with Gasteiger partial charge in [-0.1, -0.05) is 24.3 Å². The lowest BCUT2D eigenvalue weighted by molar-refractivity contribution is 1.17. The third kappa shape index (κ3) is 2.16. The van der Waals surface area contributed by atoms with E-state index in [4.69, 9.17) is 0 Å². The molecule has 0 saturated carbocycles. The van der Waals surface area contributed by atoms with Crippen LogP contribution in [0, 0.1) is 0 Å². The fraction of sp³-hybridized carbons (Fsp3) is 0. The number of rotatable bonds is 3. The maximum absolute atomic E-state index is 4.27. The normalized spacial score (nSPS) is 10.7. The van der Waals surface area contributed by atoms with Gasteiger partial charge in [0.1, 0.15) is 12.7 Å². The summed E-state index contributed by atoms with van der Waals surface area (Å²) in [6, 6.07) is 15.6. The van der Waals surface area contributed by atoms with Gasteiger partial charge in [-0.05, 0) is 24.3 Å². The van der Waals surface area contributed by atoms with E-state index in [9.17, 15) is 0 Å². The molecule has 0 amide bonds. The molecule has 4 rings (SSSR count). The first-order valence-corrected chi connectivity index (χ1v) is 6.83. The van der Waals surface area contributed by atoms with E-state index in [1.54, 1.807) is 0 Å². The topological polar surface area (TPSA) is 75.6 Å². The SMILES string of the molecule is c1ccc2c(NNc3ncnc4ccccc34)ncnc2c1. The van der Waals surface area contributed by atoms with E-state index in [1.807, 2.05) is 48.5 Å². The lowest BCUT2D eigenvalue weighted by Gasteiger charge is -2.11. The van der Waals surface area contributed by atoms with E-state index in [2.05, 4.69) is 30.8 Å². The molecular weight excluding hydrogens is 276 g/mol. The Bertz CT molecular complexity index is 863. The van der Waals surface area contributed by atoms with Gasteiger partial charge in [-0.3, -0.25) is 10.9 Å². The molecule has 2 heterocycles. The van der Waals surface area contributed by atoms with Gasteiger partial charge in [0.25, 0.3) is 0 Å². The minimum absolute atomic E-state index is 0.702. The molecule has 4 aromatic rings. The number of hydrazine groups is 1. The van der Waals surface area contributed by atoms with Crippen LogP contribution in [0.4, 0.5) is 11.6 Å². The number of anilines is 2. The van der Waals surface area contributed by atoms with Crippen molar-refractivity contribution in [1.82, 2.24) is 19.9 Å². The molecule has 0 unspecified atom stereocenters. The molecule has 0 radical (unpaired) electrons. The molecule has 0 atom stereocenters. The van der Waals surface area contributed by atoms with Crippen molar-refractivity contribution in [3.63, 3.8) is 0 Å². The summed E-state index contributed by atoms with van der Waals surface area (Å²) in [5.74, 6) is 1.40. The third-order valence-electron chi connectivity index (χ3n) is 3.38. The Kier molecular flexibility index (Phi) is 2.97. The largest absolute Gasteiger partial charge is 0.282 e. The smallest absolute Gasteiger partial charge is 0.155 e. The molecule has 6 heteroatoms. The van der Waals surface area contributed by atoms with Crippen molar-refractivity contribution in [2.75, 3.05) is 10.9 Å². The highest BCUT2D eigenvalue weighted by molar-refractivity contribution is 5.91. The number of nitrogens with one attached hydrogen (secondary N) is 2. The van der Waals surface area contributed by atoms with Gasteiger partial charge in [0.2, 0.25) is 0 Å². The van der Waals surface area contributed by atoms with Gasteiger partial charge in [0.05, 0.1) is 11.0 Å². The molecule has 22 heavy (non-hydrogen) atoms. The Morgan fingerprint density at radius 3 is 1.50 bits per heavy atom. The van der Waals surface area contributed by atoms with Crippen molar-refractivity contribution >= 4 is 33.4 Å². The Morgan fingerprint density at radius 1 is 0.545 bits per heavy atom. The number of hydrogen-bond acceptors (Lipinski definition) is 6. The number of nitrogens with zero attached hydrogens (tertiary/aromatic N) is 4. The summed E-state index contributed by atoms with van der Waals surface area (Å²) in [4.78, 5) is 17.0. The summed E-state index contributed by atoms with van der Waals surface area (Å²) < 4.78 is 0. The zero-order chi connectivity index (χ0) is 14.8. The van der Waals surface area contributed by atoms with Gasteiger partial charge >= 0.3 is 0 Å². The third-order valence-corrected chi connectivity index (χ3v) is 3.38. The predicted octanol–water partition coefficient (Wildman–Crippen LogP) is 3.01. The molecule has 2 aromatic heterocycles. The molecular formula is C16H12N6. The lowest BCUT2D eigenvalue weighted by Crippen LogP contribution is -2.12.